The van der Waals surface area contributed by atoms with Crippen LogP contribution in [0.1, 0.15) is 27.0 Å². The second-order valence-corrected chi connectivity index (χ2v) is 15.7. The monoisotopic (exact) mass is 484 g/mol. The summed E-state index contributed by atoms with van der Waals surface area (Å²) in [6.45, 7) is 9.62. The van der Waals surface area contributed by atoms with Gasteiger partial charge in [0, 0.05) is 0 Å². The number of nitrogens with zero attached hydrogens (tertiary/aromatic N) is 4. The summed E-state index contributed by atoms with van der Waals surface area (Å²) in [6, 6.07) is 0. The third-order valence-electron chi connectivity index (χ3n) is 6.50. The molecule has 2 aromatic heterocycles. The Morgan fingerprint density at radius 1 is 1.28 bits per heavy atom. The van der Waals surface area contributed by atoms with Gasteiger partial charge in [-0.15, -0.1) is 0 Å². The second-order valence-electron chi connectivity index (χ2n) is 9.52. The summed E-state index contributed by atoms with van der Waals surface area (Å²) < 4.78 is 44.7. The molecule has 0 aliphatic carbocycles. The predicted octanol–water partition coefficient (Wildman–Crippen LogP) is 0.588. The van der Waals surface area contributed by atoms with E-state index in [2.05, 4.69) is 15.0 Å². The summed E-state index contributed by atoms with van der Waals surface area (Å²) in [5.74, 6) is 0.182. The van der Waals surface area contributed by atoms with Crippen molar-refractivity contribution in [1.29, 1.82) is 0 Å². The number of aliphatic hydroxyl groups excluding tert-OH is 1. The Morgan fingerprint density at radius 2 is 1.97 bits per heavy atom. The van der Waals surface area contributed by atoms with E-state index in [0.29, 0.717) is 11.2 Å². The van der Waals surface area contributed by atoms with Crippen LogP contribution in [0.4, 0.5) is 5.82 Å². The number of aromatic nitrogens is 4. The van der Waals surface area contributed by atoms with Crippen molar-refractivity contribution in [3.8, 4) is 0 Å². The molecule has 2 aliphatic heterocycles. The van der Waals surface area contributed by atoms with Crippen molar-refractivity contribution < 1.29 is 26.9 Å². The summed E-state index contributed by atoms with van der Waals surface area (Å²) in [4.78, 5) is 12.5. The molecule has 0 aromatic carbocycles. The number of hydrogen-bond donors (Lipinski definition) is 3. The van der Waals surface area contributed by atoms with Crippen LogP contribution in [0.25, 0.3) is 11.2 Å². The maximum atomic E-state index is 12.4. The van der Waals surface area contributed by atoms with Crippen molar-refractivity contribution in [2.45, 2.75) is 62.9 Å². The van der Waals surface area contributed by atoms with Gasteiger partial charge in [-0.05, 0) is 18.1 Å². The van der Waals surface area contributed by atoms with E-state index in [1.165, 1.54) is 12.7 Å². The predicted molar refractivity (Wildman–Crippen MR) is 118 cm³/mol. The minimum absolute atomic E-state index is 0.0960. The summed E-state index contributed by atoms with van der Waals surface area (Å²) >= 11 is 0. The molecule has 4 rings (SSSR count). The van der Waals surface area contributed by atoms with E-state index in [1.807, 2.05) is 33.9 Å². The van der Waals surface area contributed by atoms with Crippen molar-refractivity contribution in [2.24, 2.45) is 5.73 Å². The Labute approximate surface area is 186 Å². The number of fused-ring (bicyclic) bond motifs is 1. The van der Waals surface area contributed by atoms with Crippen molar-refractivity contribution in [3.63, 3.8) is 0 Å². The number of rotatable bonds is 4. The van der Waals surface area contributed by atoms with Gasteiger partial charge < -0.3 is 25.7 Å². The van der Waals surface area contributed by atoms with Crippen LogP contribution >= 0.6 is 0 Å². The summed E-state index contributed by atoms with van der Waals surface area (Å²) in [6.07, 6.45) is -0.353. The molecule has 1 saturated heterocycles. The zero-order valence-corrected chi connectivity index (χ0v) is 20.3. The van der Waals surface area contributed by atoms with Crippen molar-refractivity contribution in [1.82, 2.24) is 19.5 Å². The maximum Gasteiger partial charge on any atom is 0.292 e. The average molecular weight is 485 g/mol. The van der Waals surface area contributed by atoms with Gasteiger partial charge in [0.25, 0.3) is 10.1 Å². The normalized spacial score (nSPS) is 30.3. The fraction of sp³-hybridized carbons (Fsp3) is 0.611. The Bertz CT molecular complexity index is 1190. The van der Waals surface area contributed by atoms with E-state index >= 15 is 0 Å². The first kappa shape index (κ1) is 23.1. The molecule has 0 radical (unpaired) electrons. The van der Waals surface area contributed by atoms with Crippen molar-refractivity contribution in [3.05, 3.63) is 23.8 Å². The van der Waals surface area contributed by atoms with Gasteiger partial charge in [-0.2, -0.15) is 8.42 Å². The minimum atomic E-state index is -4.11. The van der Waals surface area contributed by atoms with Gasteiger partial charge in [-0.25, -0.2) is 19.1 Å². The van der Waals surface area contributed by atoms with E-state index in [0.717, 1.165) is 5.41 Å². The number of nitrogen functional groups attached to an aromatic ring is 1. The van der Waals surface area contributed by atoms with Crippen LogP contribution in [-0.4, -0.2) is 65.8 Å². The van der Waals surface area contributed by atoms with E-state index in [-0.39, 0.29) is 16.6 Å². The second kappa shape index (κ2) is 7.20. The van der Waals surface area contributed by atoms with Crippen LogP contribution in [-0.2, 0) is 23.5 Å². The first-order valence-electron chi connectivity index (χ1n) is 10.0. The molecular formula is C18H28N6O6SSi. The minimum Gasteiger partial charge on any atom is -0.406 e. The molecule has 1 spiro atoms. The van der Waals surface area contributed by atoms with Gasteiger partial charge >= 0.3 is 0 Å². The van der Waals surface area contributed by atoms with Crippen molar-refractivity contribution in [2.75, 3.05) is 12.3 Å². The SMILES string of the molecule is CC(C)(C)[Si](C)(C)O[C@H]1[C@H](n2cnc3c(N)ncnc32)O[C@H](CO)C12OS(=O)(=O)C=C2N. The maximum absolute atomic E-state index is 12.4. The van der Waals surface area contributed by atoms with E-state index in [1.54, 1.807) is 4.57 Å². The van der Waals surface area contributed by atoms with Gasteiger partial charge in [0.15, 0.2) is 31.6 Å². The molecule has 1 fully saturated rings. The van der Waals surface area contributed by atoms with E-state index in [4.69, 9.17) is 24.8 Å². The summed E-state index contributed by atoms with van der Waals surface area (Å²) in [5, 5.41) is 10.7. The highest BCUT2D eigenvalue weighted by atomic mass is 32.2. The largest absolute Gasteiger partial charge is 0.406 e. The standard InChI is InChI=1S/C18H28N6O6SSi/c1-17(2,3)32(4,5)29-13-16(24-9-23-12-14(20)21-8-22-15(12)24)28-11(6-25)18(13)10(19)7-31(26,27)30-18/h7-9,11,13,16,25H,6,19H2,1-5H3,(H2,20,21,22)/t11-,13+,16-,18?/m1/s1. The van der Waals surface area contributed by atoms with Crippen LogP contribution in [0.3, 0.4) is 0 Å². The quantitative estimate of drug-likeness (QED) is 0.408. The zero-order valence-electron chi connectivity index (χ0n) is 18.5. The van der Waals surface area contributed by atoms with E-state index < -0.39 is 49.1 Å². The van der Waals surface area contributed by atoms with Crippen LogP contribution in [0.2, 0.25) is 18.1 Å². The molecule has 32 heavy (non-hydrogen) atoms. The highest BCUT2D eigenvalue weighted by Crippen LogP contribution is 2.51. The smallest absolute Gasteiger partial charge is 0.292 e. The van der Waals surface area contributed by atoms with Crippen LogP contribution < -0.4 is 11.5 Å². The fourth-order valence-corrected chi connectivity index (χ4v) is 6.29. The first-order valence-corrected chi connectivity index (χ1v) is 14.4. The van der Waals surface area contributed by atoms with Gasteiger partial charge in [-0.3, -0.25) is 4.57 Å². The Hall–Kier alpha value is -2.10. The molecule has 2 aliphatic rings. The third-order valence-corrected chi connectivity index (χ3v) is 12.0. The number of hydrogen-bond acceptors (Lipinski definition) is 11. The molecule has 1 unspecified atom stereocenters. The van der Waals surface area contributed by atoms with Gasteiger partial charge in [-0.1, -0.05) is 20.8 Å². The lowest BCUT2D eigenvalue weighted by Gasteiger charge is -2.43. The molecule has 0 saturated carbocycles. The van der Waals surface area contributed by atoms with Gasteiger partial charge in [0.05, 0.1) is 24.0 Å². The highest BCUT2D eigenvalue weighted by molar-refractivity contribution is 7.90. The molecule has 2 aromatic rings. The zero-order chi connectivity index (χ0) is 23.7. The van der Waals surface area contributed by atoms with Crippen LogP contribution in [0, 0.1) is 0 Å². The van der Waals surface area contributed by atoms with Crippen molar-refractivity contribution >= 4 is 35.4 Å². The molecule has 12 nitrogen and oxygen atoms in total. The van der Waals surface area contributed by atoms with E-state index in [9.17, 15) is 13.5 Å². The van der Waals surface area contributed by atoms with Crippen LogP contribution in [0.15, 0.2) is 23.8 Å². The topological polar surface area (TPSA) is 178 Å². The van der Waals surface area contributed by atoms with Crippen LogP contribution in [0.5, 0.6) is 0 Å². The molecule has 4 atom stereocenters. The number of aliphatic hydroxyl groups is 1. The molecule has 14 heteroatoms. The average Bonchev–Trinajstić information content (AvgIpc) is 3.28. The van der Waals surface area contributed by atoms with Gasteiger partial charge in [0.2, 0.25) is 0 Å². The summed E-state index contributed by atoms with van der Waals surface area (Å²) in [7, 11) is -6.63. The Kier molecular flexibility index (Phi) is 5.19. The third kappa shape index (κ3) is 3.33. The molecule has 176 valence electrons. The molecule has 0 amide bonds. The number of anilines is 1. The fourth-order valence-electron chi connectivity index (χ4n) is 3.79. The molecule has 5 N–H and O–H groups in total. The summed E-state index contributed by atoms with van der Waals surface area (Å²) in [5.41, 5.74) is 11.0. The molecule has 4 heterocycles. The Morgan fingerprint density at radius 3 is 2.53 bits per heavy atom. The lowest BCUT2D eigenvalue weighted by molar-refractivity contribution is -0.0561. The lowest BCUT2D eigenvalue weighted by atomic mass is 9.89. The number of imidazole rings is 1. The molecular weight excluding hydrogens is 456 g/mol. The Balaban J connectivity index is 1.91. The molecule has 0 bridgehead atoms. The lowest BCUT2D eigenvalue weighted by Crippen LogP contribution is -2.58. The van der Waals surface area contributed by atoms with Gasteiger partial charge in [0.1, 0.15) is 24.1 Å². The highest BCUT2D eigenvalue weighted by Gasteiger charge is 2.66. The number of ether oxygens (including phenoxy) is 1. The number of nitrogens with two attached hydrogens (primary N) is 2. The first-order chi connectivity index (χ1) is 14.7.